The molecule has 3 aliphatic rings. The summed E-state index contributed by atoms with van der Waals surface area (Å²) in [6.07, 6.45) is -5.03. The van der Waals surface area contributed by atoms with Gasteiger partial charge in [-0.3, -0.25) is 19.2 Å². The number of nitrogens with zero attached hydrogens (tertiary/aromatic N) is 1. The van der Waals surface area contributed by atoms with E-state index in [-0.39, 0.29) is 40.0 Å². The molecular formula is C32H37NO12. The molecule has 1 aliphatic heterocycles. The highest BCUT2D eigenvalue weighted by molar-refractivity contribution is 6.32. The van der Waals surface area contributed by atoms with Gasteiger partial charge in [0.1, 0.15) is 35.6 Å². The molecule has 3 N–H and O–H groups in total. The summed E-state index contributed by atoms with van der Waals surface area (Å²) in [5.74, 6) is -4.22. The fourth-order valence-electron chi connectivity index (χ4n) is 6.77. The van der Waals surface area contributed by atoms with Gasteiger partial charge in [-0.25, -0.2) is 0 Å². The third kappa shape index (κ3) is 4.81. The first-order valence-corrected chi connectivity index (χ1v) is 14.4. The number of methoxy groups -OCH3 is 2. The third-order valence-corrected chi connectivity index (χ3v) is 9.30. The summed E-state index contributed by atoms with van der Waals surface area (Å²) in [4.78, 5) is 55.1. The minimum atomic E-state index is -2.20. The third-order valence-electron chi connectivity index (χ3n) is 9.30. The molecule has 0 radical (unpaired) electrons. The van der Waals surface area contributed by atoms with Crippen LogP contribution in [0, 0.1) is 0 Å². The van der Waals surface area contributed by atoms with Crippen LogP contribution >= 0.6 is 0 Å². The molecule has 1 fully saturated rings. The zero-order valence-corrected chi connectivity index (χ0v) is 26.3. The van der Waals surface area contributed by atoms with E-state index in [1.165, 1.54) is 40.2 Å². The summed E-state index contributed by atoms with van der Waals surface area (Å²) < 4.78 is 29.0. The number of rotatable bonds is 6. The maximum Gasteiger partial charge on any atom is 0.303 e. The molecule has 4 unspecified atom stereocenters. The summed E-state index contributed by atoms with van der Waals surface area (Å²) in [7, 11) is 6.17. The highest BCUT2D eigenvalue weighted by Gasteiger charge is 2.56. The number of carbonyl (C=O) groups is 4. The molecule has 0 spiro atoms. The topological polar surface area (TPSA) is 178 Å². The molecule has 0 bridgehead atoms. The van der Waals surface area contributed by atoms with E-state index in [0.717, 1.165) is 6.07 Å². The minimum absolute atomic E-state index is 0.0163. The molecule has 2 aliphatic carbocycles. The summed E-state index contributed by atoms with van der Waals surface area (Å²) >= 11 is 0. The second kappa shape index (κ2) is 11.2. The van der Waals surface area contributed by atoms with Crippen LogP contribution in [0.4, 0.5) is 0 Å². The summed E-state index contributed by atoms with van der Waals surface area (Å²) in [6, 6.07) is 3.66. The Kier molecular flexibility index (Phi) is 8.07. The average molecular weight is 628 g/mol. The fraction of sp³-hybridized carbons (Fsp3) is 0.500. The van der Waals surface area contributed by atoms with E-state index in [1.54, 1.807) is 6.92 Å². The Morgan fingerprint density at radius 3 is 2.24 bits per heavy atom. The van der Waals surface area contributed by atoms with Crippen LogP contribution in [0.5, 0.6) is 17.2 Å². The first kappa shape index (κ1) is 32.5. The van der Waals surface area contributed by atoms with Crippen molar-refractivity contribution in [3.05, 3.63) is 51.6 Å². The Bertz CT molecular complexity index is 1610. The van der Waals surface area contributed by atoms with E-state index in [4.69, 9.17) is 23.7 Å². The Morgan fingerprint density at radius 1 is 1.00 bits per heavy atom. The van der Waals surface area contributed by atoms with E-state index in [9.17, 15) is 34.5 Å². The molecule has 1 heterocycles. The van der Waals surface area contributed by atoms with Crippen molar-refractivity contribution >= 4 is 23.3 Å². The SMILES string of the molecule is COc1ccc(O)c2c1C(=O)c1cc3c(c(O)c1C2=O)[C@@H](OC1CC(C)(N(C)C)C(OC(C)=O)C(C)O1)[C@@H](OC)[C@@](C)(O)C3=O. The number of benzene rings is 2. The van der Waals surface area contributed by atoms with Crippen LogP contribution in [0.15, 0.2) is 18.2 Å². The quantitative estimate of drug-likeness (QED) is 0.339. The van der Waals surface area contributed by atoms with Crippen LogP contribution < -0.4 is 4.74 Å². The van der Waals surface area contributed by atoms with Crippen molar-refractivity contribution in [2.24, 2.45) is 0 Å². The molecule has 13 nitrogen and oxygen atoms in total. The van der Waals surface area contributed by atoms with Crippen LogP contribution in [-0.2, 0) is 23.7 Å². The highest BCUT2D eigenvalue weighted by atomic mass is 16.7. The monoisotopic (exact) mass is 627 g/mol. The number of phenols is 2. The second-order valence-corrected chi connectivity index (χ2v) is 12.3. The van der Waals surface area contributed by atoms with Crippen molar-refractivity contribution in [3.8, 4) is 17.2 Å². The van der Waals surface area contributed by atoms with Crippen molar-refractivity contribution in [3.63, 3.8) is 0 Å². The number of aromatic hydroxyl groups is 2. The van der Waals surface area contributed by atoms with Gasteiger partial charge in [-0.1, -0.05) is 0 Å². The van der Waals surface area contributed by atoms with E-state index < -0.39 is 82.2 Å². The molecule has 2 aromatic carbocycles. The van der Waals surface area contributed by atoms with E-state index in [0.29, 0.717) is 0 Å². The molecule has 13 heteroatoms. The van der Waals surface area contributed by atoms with Gasteiger partial charge in [0.15, 0.2) is 23.5 Å². The van der Waals surface area contributed by atoms with Crippen molar-refractivity contribution in [2.75, 3.05) is 28.3 Å². The normalized spacial score (nSPS) is 30.9. The lowest BCUT2D eigenvalue weighted by molar-refractivity contribution is -0.287. The summed E-state index contributed by atoms with van der Waals surface area (Å²) in [5, 5.41) is 33.8. The zero-order chi connectivity index (χ0) is 33.3. The number of Topliss-reactive ketones (excluding diaryl/α,β-unsaturated/α-hetero) is 1. The molecule has 2 aromatic rings. The Hall–Kier alpha value is -3.88. The number of carbonyl (C=O) groups excluding carboxylic acids is 4. The Morgan fingerprint density at radius 2 is 1.67 bits per heavy atom. The second-order valence-electron chi connectivity index (χ2n) is 12.3. The largest absolute Gasteiger partial charge is 0.507 e. The number of ketones is 3. The number of hydrogen-bond acceptors (Lipinski definition) is 13. The molecule has 0 amide bonds. The lowest BCUT2D eigenvalue weighted by Crippen LogP contribution is -2.63. The van der Waals surface area contributed by atoms with E-state index in [1.807, 2.05) is 25.9 Å². The number of likely N-dealkylation sites (N-methyl/N-ethyl adjacent to an activating group) is 1. The number of phenolic OH excluding ortho intramolecular Hbond substituents is 2. The maximum atomic E-state index is 13.8. The lowest BCUT2D eigenvalue weighted by atomic mass is 9.72. The fourth-order valence-corrected chi connectivity index (χ4v) is 6.77. The van der Waals surface area contributed by atoms with E-state index in [2.05, 4.69) is 0 Å². The minimum Gasteiger partial charge on any atom is -0.507 e. The molecule has 5 rings (SSSR count). The van der Waals surface area contributed by atoms with Gasteiger partial charge >= 0.3 is 5.97 Å². The van der Waals surface area contributed by atoms with Gasteiger partial charge < -0.3 is 43.9 Å². The first-order valence-electron chi connectivity index (χ1n) is 14.4. The predicted molar refractivity (Wildman–Crippen MR) is 156 cm³/mol. The smallest absolute Gasteiger partial charge is 0.303 e. The van der Waals surface area contributed by atoms with Crippen LogP contribution in [-0.4, -0.2) is 108 Å². The van der Waals surface area contributed by atoms with Gasteiger partial charge in [-0.05, 0) is 53.1 Å². The van der Waals surface area contributed by atoms with Crippen LogP contribution in [0.25, 0.3) is 0 Å². The number of esters is 1. The standard InChI is InChI=1S/C32H37NO12/c1-13-29(44-14(2)34)31(3,33(5)6)12-19(43-13)45-27-21-16(28(39)32(4,40)30(27)42-8)11-15-20(25(21)37)26(38)22-17(35)9-10-18(41-7)23(22)24(15)36/h9-11,13,19,27,29-30,35,37,40H,12H2,1-8H3/t13?,19?,27-,29?,30-,31?,32+/m1/s1. The van der Waals surface area contributed by atoms with Gasteiger partial charge in [-0.15, -0.1) is 0 Å². The first-order chi connectivity index (χ1) is 21.0. The average Bonchev–Trinajstić information content (AvgIpc) is 2.95. The molecule has 7 atom stereocenters. The number of hydrogen-bond donors (Lipinski definition) is 3. The summed E-state index contributed by atoms with van der Waals surface area (Å²) in [5.41, 5.74) is -4.77. The van der Waals surface area contributed by atoms with Gasteiger partial charge in [0.2, 0.25) is 5.78 Å². The lowest BCUT2D eigenvalue weighted by Gasteiger charge is -2.51. The zero-order valence-electron chi connectivity index (χ0n) is 26.3. The van der Waals surface area contributed by atoms with E-state index >= 15 is 0 Å². The van der Waals surface area contributed by atoms with Crippen LogP contribution in [0.3, 0.4) is 0 Å². The Balaban J connectivity index is 1.66. The molecule has 1 saturated heterocycles. The maximum absolute atomic E-state index is 13.8. The van der Waals surface area contributed by atoms with Crippen molar-refractivity contribution in [2.45, 2.75) is 76.0 Å². The molecule has 0 saturated carbocycles. The van der Waals surface area contributed by atoms with Crippen molar-refractivity contribution in [1.82, 2.24) is 4.90 Å². The van der Waals surface area contributed by atoms with Crippen LogP contribution in [0.2, 0.25) is 0 Å². The molecule has 242 valence electrons. The van der Waals surface area contributed by atoms with Gasteiger partial charge in [0.05, 0.1) is 35.4 Å². The van der Waals surface area contributed by atoms with Gasteiger partial charge in [0.25, 0.3) is 0 Å². The molecule has 0 aromatic heterocycles. The van der Waals surface area contributed by atoms with Gasteiger partial charge in [-0.2, -0.15) is 0 Å². The van der Waals surface area contributed by atoms with Gasteiger partial charge in [0, 0.05) is 37.1 Å². The van der Waals surface area contributed by atoms with Crippen molar-refractivity contribution < 1.29 is 58.2 Å². The summed E-state index contributed by atoms with van der Waals surface area (Å²) in [6.45, 7) is 6.11. The Labute approximate surface area is 259 Å². The van der Waals surface area contributed by atoms with Crippen molar-refractivity contribution in [1.29, 1.82) is 0 Å². The number of aliphatic hydroxyl groups is 1. The van der Waals surface area contributed by atoms with Crippen LogP contribution in [0.1, 0.15) is 88.0 Å². The number of fused-ring (bicyclic) bond motifs is 3. The highest BCUT2D eigenvalue weighted by Crippen LogP contribution is 2.50. The number of ether oxygens (including phenoxy) is 5. The molecule has 45 heavy (non-hydrogen) atoms. The predicted octanol–water partition coefficient (Wildman–Crippen LogP) is 2.29. The molecular weight excluding hydrogens is 590 g/mol.